The number of rotatable bonds is 4. The Balaban J connectivity index is 2.54. The van der Waals surface area contributed by atoms with Gasteiger partial charge in [-0.1, -0.05) is 13.8 Å². The van der Waals surface area contributed by atoms with E-state index in [0.717, 1.165) is 0 Å². The van der Waals surface area contributed by atoms with Crippen LogP contribution in [0.5, 0.6) is 0 Å². The molecular formula is C12H18N4O4. The molecule has 1 aliphatic rings. The van der Waals surface area contributed by atoms with Crippen LogP contribution >= 0.6 is 0 Å². The van der Waals surface area contributed by atoms with Crippen LogP contribution in [0, 0.1) is 16.0 Å². The van der Waals surface area contributed by atoms with E-state index in [1.165, 1.54) is 4.68 Å². The first-order chi connectivity index (χ1) is 9.38. The number of hydrogen-bond acceptors (Lipinski definition) is 5. The molecule has 0 aliphatic carbocycles. The summed E-state index contributed by atoms with van der Waals surface area (Å²) in [7, 11) is 1.61. The monoisotopic (exact) mass is 282 g/mol. The van der Waals surface area contributed by atoms with Gasteiger partial charge in [0, 0.05) is 13.6 Å². The Morgan fingerprint density at radius 1 is 1.60 bits per heavy atom. The summed E-state index contributed by atoms with van der Waals surface area (Å²) in [6.07, 6.45) is 1.13. The molecule has 0 aromatic carbocycles. The molecule has 20 heavy (non-hydrogen) atoms. The van der Waals surface area contributed by atoms with E-state index in [-0.39, 0.29) is 11.6 Å². The quantitative estimate of drug-likeness (QED) is 0.657. The van der Waals surface area contributed by atoms with Gasteiger partial charge in [-0.3, -0.25) is 10.1 Å². The van der Waals surface area contributed by atoms with Crippen molar-refractivity contribution in [3.63, 3.8) is 0 Å². The van der Waals surface area contributed by atoms with Gasteiger partial charge in [0.1, 0.15) is 11.7 Å². The van der Waals surface area contributed by atoms with Crippen molar-refractivity contribution in [3.8, 4) is 0 Å². The van der Waals surface area contributed by atoms with Crippen LogP contribution in [-0.4, -0.2) is 38.4 Å². The Kier molecular flexibility index (Phi) is 3.65. The second-order valence-electron chi connectivity index (χ2n) is 5.10. The minimum Gasteiger partial charge on any atom is -0.480 e. The maximum atomic E-state index is 11.4. The van der Waals surface area contributed by atoms with Gasteiger partial charge in [-0.05, 0) is 18.8 Å². The minimum atomic E-state index is -0.955. The smallest absolute Gasteiger partial charge is 0.334 e. The average Bonchev–Trinajstić information content (AvgIpc) is 2.88. The summed E-state index contributed by atoms with van der Waals surface area (Å²) in [6.45, 7) is 4.13. The predicted octanol–water partition coefficient (Wildman–Crippen LogP) is 1.19. The zero-order valence-electron chi connectivity index (χ0n) is 11.7. The van der Waals surface area contributed by atoms with Crippen molar-refractivity contribution in [2.75, 3.05) is 11.4 Å². The molecule has 1 fully saturated rings. The first-order valence-electron chi connectivity index (χ1n) is 6.58. The van der Waals surface area contributed by atoms with Crippen molar-refractivity contribution in [1.82, 2.24) is 9.78 Å². The second-order valence-corrected chi connectivity index (χ2v) is 5.10. The van der Waals surface area contributed by atoms with Gasteiger partial charge in [-0.2, -0.15) is 5.10 Å². The Morgan fingerprint density at radius 3 is 2.75 bits per heavy atom. The van der Waals surface area contributed by atoms with E-state index < -0.39 is 16.9 Å². The topological polar surface area (TPSA) is 102 Å². The third kappa shape index (κ3) is 2.10. The lowest BCUT2D eigenvalue weighted by molar-refractivity contribution is -0.384. The van der Waals surface area contributed by atoms with Crippen LogP contribution in [0.2, 0.25) is 0 Å². The highest BCUT2D eigenvalue weighted by Crippen LogP contribution is 2.37. The Morgan fingerprint density at radius 2 is 2.25 bits per heavy atom. The third-order valence-electron chi connectivity index (χ3n) is 3.81. The molecular weight excluding hydrogens is 264 g/mol. The molecule has 2 atom stereocenters. The van der Waals surface area contributed by atoms with Crippen LogP contribution in [0.3, 0.4) is 0 Å². The van der Waals surface area contributed by atoms with Crippen molar-refractivity contribution in [2.24, 2.45) is 13.0 Å². The molecule has 0 bridgehead atoms. The van der Waals surface area contributed by atoms with Crippen molar-refractivity contribution < 1.29 is 14.8 Å². The van der Waals surface area contributed by atoms with Crippen LogP contribution in [0.15, 0.2) is 0 Å². The highest BCUT2D eigenvalue weighted by molar-refractivity contribution is 5.80. The maximum Gasteiger partial charge on any atom is 0.334 e. The Labute approximate surface area is 116 Å². The first-order valence-corrected chi connectivity index (χ1v) is 6.58. The van der Waals surface area contributed by atoms with E-state index in [2.05, 4.69) is 5.10 Å². The number of nitro groups is 1. The molecule has 2 heterocycles. The molecule has 1 aromatic rings. The summed E-state index contributed by atoms with van der Waals surface area (Å²) in [5.74, 6) is -0.709. The minimum absolute atomic E-state index is 0.0490. The summed E-state index contributed by atoms with van der Waals surface area (Å²) in [5.41, 5.74) is 0.312. The van der Waals surface area contributed by atoms with Gasteiger partial charge in [-0.25, -0.2) is 9.48 Å². The SMILES string of the molecule is CCc1nn(C)c(N2CCC(C)C2C(=O)O)c1[N+](=O)[O-]. The van der Waals surface area contributed by atoms with Crippen molar-refractivity contribution in [1.29, 1.82) is 0 Å². The lowest BCUT2D eigenvalue weighted by atomic mass is 10.0. The van der Waals surface area contributed by atoms with Gasteiger partial charge >= 0.3 is 11.7 Å². The zero-order chi connectivity index (χ0) is 15.0. The van der Waals surface area contributed by atoms with Gasteiger partial charge < -0.3 is 10.0 Å². The summed E-state index contributed by atoms with van der Waals surface area (Å²) in [5, 5.41) is 24.8. The van der Waals surface area contributed by atoms with Crippen LogP contribution < -0.4 is 4.90 Å². The molecule has 8 heteroatoms. The molecule has 0 amide bonds. The maximum absolute atomic E-state index is 11.4. The zero-order valence-corrected chi connectivity index (χ0v) is 11.7. The molecule has 8 nitrogen and oxygen atoms in total. The van der Waals surface area contributed by atoms with E-state index in [1.807, 2.05) is 6.92 Å². The molecule has 2 unspecified atom stereocenters. The largest absolute Gasteiger partial charge is 0.480 e. The second kappa shape index (κ2) is 5.10. The van der Waals surface area contributed by atoms with Crippen molar-refractivity contribution >= 4 is 17.5 Å². The summed E-state index contributed by atoms with van der Waals surface area (Å²) < 4.78 is 1.42. The summed E-state index contributed by atoms with van der Waals surface area (Å²) in [4.78, 5) is 23.9. The van der Waals surface area contributed by atoms with E-state index in [0.29, 0.717) is 30.9 Å². The van der Waals surface area contributed by atoms with Crippen LogP contribution in [-0.2, 0) is 18.3 Å². The van der Waals surface area contributed by atoms with E-state index in [4.69, 9.17) is 0 Å². The fraction of sp³-hybridized carbons (Fsp3) is 0.667. The first kappa shape index (κ1) is 14.3. The van der Waals surface area contributed by atoms with Crippen LogP contribution in [0.25, 0.3) is 0 Å². The molecule has 110 valence electrons. The lowest BCUT2D eigenvalue weighted by Crippen LogP contribution is -2.40. The number of aromatic nitrogens is 2. The molecule has 0 saturated carbocycles. The van der Waals surface area contributed by atoms with Gasteiger partial charge in [0.25, 0.3) is 0 Å². The molecule has 2 rings (SSSR count). The average molecular weight is 282 g/mol. The molecule has 1 saturated heterocycles. The van der Waals surface area contributed by atoms with Gasteiger partial charge in [-0.15, -0.1) is 0 Å². The summed E-state index contributed by atoms with van der Waals surface area (Å²) in [6, 6.07) is -0.742. The van der Waals surface area contributed by atoms with Gasteiger partial charge in [0.05, 0.1) is 4.92 Å². The number of aliphatic carboxylic acids is 1. The van der Waals surface area contributed by atoms with Crippen LogP contribution in [0.4, 0.5) is 11.5 Å². The number of nitrogens with zero attached hydrogens (tertiary/aromatic N) is 4. The van der Waals surface area contributed by atoms with Crippen molar-refractivity contribution in [2.45, 2.75) is 32.7 Å². The Hall–Kier alpha value is -2.12. The summed E-state index contributed by atoms with van der Waals surface area (Å²) >= 11 is 0. The number of carbonyl (C=O) groups is 1. The highest BCUT2D eigenvalue weighted by Gasteiger charge is 2.42. The third-order valence-corrected chi connectivity index (χ3v) is 3.81. The number of hydrogen-bond donors (Lipinski definition) is 1. The molecule has 0 spiro atoms. The van der Waals surface area contributed by atoms with E-state index in [9.17, 15) is 20.0 Å². The van der Waals surface area contributed by atoms with E-state index in [1.54, 1.807) is 18.9 Å². The lowest BCUT2D eigenvalue weighted by Gasteiger charge is -2.24. The molecule has 0 radical (unpaired) electrons. The number of aryl methyl sites for hydroxylation is 2. The highest BCUT2D eigenvalue weighted by atomic mass is 16.6. The van der Waals surface area contributed by atoms with Crippen LogP contribution in [0.1, 0.15) is 26.0 Å². The standard InChI is InChI=1S/C12H18N4O4/c1-4-8-10(16(19)20)11(14(3)13-8)15-6-5-7(2)9(15)12(17)18/h7,9H,4-6H2,1-3H3,(H,17,18). The number of carboxylic acid groups (broad SMARTS) is 1. The molecule has 1 aromatic heterocycles. The fourth-order valence-corrected chi connectivity index (χ4v) is 2.87. The number of anilines is 1. The normalized spacial score (nSPS) is 22.2. The predicted molar refractivity (Wildman–Crippen MR) is 71.8 cm³/mol. The van der Waals surface area contributed by atoms with Crippen molar-refractivity contribution in [3.05, 3.63) is 15.8 Å². The molecule has 1 N–H and O–H groups in total. The van der Waals surface area contributed by atoms with Gasteiger partial charge in [0.15, 0.2) is 0 Å². The fourth-order valence-electron chi connectivity index (χ4n) is 2.87. The number of carboxylic acids is 1. The van der Waals surface area contributed by atoms with Gasteiger partial charge in [0.2, 0.25) is 5.82 Å². The molecule has 1 aliphatic heterocycles. The Bertz CT molecular complexity index is 554. The van der Waals surface area contributed by atoms with E-state index >= 15 is 0 Å².